The molecule has 168 valence electrons. The van der Waals surface area contributed by atoms with Crippen LogP contribution in [0.25, 0.3) is 0 Å². The lowest BCUT2D eigenvalue weighted by molar-refractivity contribution is -0.121. The van der Waals surface area contributed by atoms with Crippen molar-refractivity contribution in [3.63, 3.8) is 0 Å². The van der Waals surface area contributed by atoms with Gasteiger partial charge in [-0.3, -0.25) is 14.5 Å². The van der Waals surface area contributed by atoms with Crippen molar-refractivity contribution >= 4 is 34.0 Å². The van der Waals surface area contributed by atoms with E-state index in [1.807, 2.05) is 19.1 Å². The van der Waals surface area contributed by atoms with Crippen molar-refractivity contribution < 1.29 is 9.59 Å². The van der Waals surface area contributed by atoms with Gasteiger partial charge in [-0.1, -0.05) is 6.42 Å². The maximum absolute atomic E-state index is 12.7. The highest BCUT2D eigenvalue weighted by molar-refractivity contribution is 7.16. The minimum Gasteiger partial charge on any atom is -0.315 e. The van der Waals surface area contributed by atoms with E-state index in [1.165, 1.54) is 11.3 Å². The molecule has 2 N–H and O–H groups in total. The zero-order chi connectivity index (χ0) is 22.5. The number of carbonyl (C=O) groups excluding carboxylic acids is 2. The normalized spacial score (nSPS) is 17.1. The van der Waals surface area contributed by atoms with Gasteiger partial charge < -0.3 is 10.6 Å². The van der Waals surface area contributed by atoms with Gasteiger partial charge in [0.2, 0.25) is 11.8 Å². The van der Waals surface area contributed by atoms with Gasteiger partial charge in [0.05, 0.1) is 12.1 Å². The Bertz CT molecular complexity index is 1030. The average Bonchev–Trinajstić information content (AvgIpc) is 2.93. The molecule has 32 heavy (non-hydrogen) atoms. The van der Waals surface area contributed by atoms with Gasteiger partial charge in [0.15, 0.2) is 0 Å². The van der Waals surface area contributed by atoms with Crippen molar-refractivity contribution in [3.8, 4) is 6.07 Å². The van der Waals surface area contributed by atoms with E-state index in [4.69, 9.17) is 0 Å². The number of hydrogen-bond acceptors (Lipinski definition) is 6. The maximum atomic E-state index is 12.7. The number of pyridine rings is 1. The summed E-state index contributed by atoms with van der Waals surface area (Å²) in [4.78, 5) is 32.8. The van der Waals surface area contributed by atoms with Gasteiger partial charge >= 0.3 is 0 Å². The van der Waals surface area contributed by atoms with E-state index in [2.05, 4.69) is 26.6 Å². The number of fused-ring (bicyclic) bond motifs is 1. The molecule has 2 aromatic rings. The van der Waals surface area contributed by atoms with Gasteiger partial charge in [-0.2, -0.15) is 5.26 Å². The average molecular weight is 452 g/mol. The lowest BCUT2D eigenvalue weighted by Gasteiger charge is -2.30. The predicted octanol–water partition coefficient (Wildman–Crippen LogP) is 3.88. The van der Waals surface area contributed by atoms with Crippen LogP contribution in [0.5, 0.6) is 0 Å². The Balaban J connectivity index is 1.28. The molecule has 1 fully saturated rings. The first-order valence-electron chi connectivity index (χ1n) is 11.3. The number of aromatic nitrogens is 1. The molecule has 2 amide bonds. The summed E-state index contributed by atoms with van der Waals surface area (Å²) in [5.41, 5.74) is 2.85. The van der Waals surface area contributed by atoms with Crippen LogP contribution >= 0.6 is 11.3 Å². The van der Waals surface area contributed by atoms with Crippen molar-refractivity contribution in [2.75, 3.05) is 30.3 Å². The second-order valence-electron chi connectivity index (χ2n) is 8.69. The molecule has 0 spiro atoms. The number of hydrogen-bond donors (Lipinski definition) is 2. The second-order valence-corrected chi connectivity index (χ2v) is 9.79. The Labute approximate surface area is 192 Å². The standard InChI is InChI=1S/C24H29N5O2S/c1-16-7-10-26-21(13-16)27-23(31)17-8-11-29(12-9-17)15-22(30)28-24-19(14-25)18-5-3-2-4-6-20(18)32-24/h7,10,13,17H,2-6,8-9,11-12,15H2,1H3,(H,28,30)(H,26,27,31). The fraction of sp³-hybridized carbons (Fsp3) is 0.500. The summed E-state index contributed by atoms with van der Waals surface area (Å²) in [5.74, 6) is 0.407. The van der Waals surface area contributed by atoms with Crippen LogP contribution < -0.4 is 10.6 Å². The third-order valence-corrected chi connectivity index (χ3v) is 7.49. The maximum Gasteiger partial charge on any atom is 0.239 e. The number of nitrogens with zero attached hydrogens (tertiary/aromatic N) is 3. The third-order valence-electron chi connectivity index (χ3n) is 6.28. The van der Waals surface area contributed by atoms with Crippen LogP contribution in [0.15, 0.2) is 18.3 Å². The first-order valence-corrected chi connectivity index (χ1v) is 12.2. The zero-order valence-electron chi connectivity index (χ0n) is 18.4. The second kappa shape index (κ2) is 10.2. The van der Waals surface area contributed by atoms with E-state index >= 15 is 0 Å². The monoisotopic (exact) mass is 451 g/mol. The molecular weight excluding hydrogens is 422 g/mol. The van der Waals surface area contributed by atoms with Crippen LogP contribution in [0.4, 0.5) is 10.8 Å². The summed E-state index contributed by atoms with van der Waals surface area (Å²) in [6.45, 7) is 3.63. The van der Waals surface area contributed by atoms with E-state index in [-0.39, 0.29) is 24.3 Å². The first-order chi connectivity index (χ1) is 15.5. The molecule has 4 rings (SSSR count). The van der Waals surface area contributed by atoms with Crippen molar-refractivity contribution in [3.05, 3.63) is 39.9 Å². The van der Waals surface area contributed by atoms with Crippen molar-refractivity contribution in [2.24, 2.45) is 5.92 Å². The van der Waals surface area contributed by atoms with Crippen molar-refractivity contribution in [2.45, 2.75) is 51.9 Å². The molecule has 8 heteroatoms. The van der Waals surface area contributed by atoms with Gasteiger partial charge in [-0.15, -0.1) is 11.3 Å². The van der Waals surface area contributed by atoms with Gasteiger partial charge in [-0.25, -0.2) is 4.98 Å². The van der Waals surface area contributed by atoms with Crippen LogP contribution in [0.3, 0.4) is 0 Å². The Hall–Kier alpha value is -2.76. The number of thiophene rings is 1. The first kappa shape index (κ1) is 22.4. The minimum absolute atomic E-state index is 0.00838. The number of likely N-dealkylation sites (tertiary alicyclic amines) is 1. The van der Waals surface area contributed by atoms with Crippen LogP contribution in [0.1, 0.15) is 53.7 Å². The molecule has 0 radical (unpaired) electrons. The van der Waals surface area contributed by atoms with Crippen molar-refractivity contribution in [1.29, 1.82) is 5.26 Å². The lowest BCUT2D eigenvalue weighted by atomic mass is 9.96. The fourth-order valence-electron chi connectivity index (χ4n) is 4.50. The van der Waals surface area contributed by atoms with Crippen LogP contribution in [0, 0.1) is 24.2 Å². The molecular formula is C24H29N5O2S. The molecule has 0 aromatic carbocycles. The Morgan fingerprint density at radius 1 is 1.22 bits per heavy atom. The number of anilines is 2. The molecule has 3 heterocycles. The topological polar surface area (TPSA) is 98.1 Å². The van der Waals surface area contributed by atoms with Crippen LogP contribution in [0.2, 0.25) is 0 Å². The lowest BCUT2D eigenvalue weighted by Crippen LogP contribution is -2.41. The zero-order valence-corrected chi connectivity index (χ0v) is 19.3. The Morgan fingerprint density at radius 2 is 2.00 bits per heavy atom. The smallest absolute Gasteiger partial charge is 0.239 e. The number of nitriles is 1. The summed E-state index contributed by atoms with van der Waals surface area (Å²) < 4.78 is 0. The highest BCUT2D eigenvalue weighted by atomic mass is 32.1. The van der Waals surface area contributed by atoms with Crippen molar-refractivity contribution in [1.82, 2.24) is 9.88 Å². The van der Waals surface area contributed by atoms with E-state index in [0.717, 1.165) is 36.8 Å². The quantitative estimate of drug-likeness (QED) is 0.672. The number of amides is 2. The molecule has 7 nitrogen and oxygen atoms in total. The van der Waals surface area contributed by atoms with E-state index in [0.29, 0.717) is 42.3 Å². The highest BCUT2D eigenvalue weighted by Crippen LogP contribution is 2.37. The highest BCUT2D eigenvalue weighted by Gasteiger charge is 2.27. The number of nitrogens with one attached hydrogen (secondary N) is 2. The molecule has 2 aliphatic rings. The molecule has 1 aliphatic carbocycles. The SMILES string of the molecule is Cc1ccnc(NC(=O)C2CCN(CC(=O)Nc3sc4c(c3C#N)CCCCC4)CC2)c1. The largest absolute Gasteiger partial charge is 0.315 e. The summed E-state index contributed by atoms with van der Waals surface area (Å²) in [6, 6.07) is 6.07. The van der Waals surface area contributed by atoms with E-state index in [1.54, 1.807) is 17.5 Å². The third kappa shape index (κ3) is 5.34. The van der Waals surface area contributed by atoms with E-state index in [9.17, 15) is 14.9 Å². The number of aryl methyl sites for hydroxylation is 2. The predicted molar refractivity (Wildman–Crippen MR) is 126 cm³/mol. The Morgan fingerprint density at radius 3 is 2.75 bits per heavy atom. The summed E-state index contributed by atoms with van der Waals surface area (Å²) in [7, 11) is 0. The van der Waals surface area contributed by atoms with Gasteiger partial charge in [0.1, 0.15) is 16.9 Å². The Kier molecular flexibility index (Phi) is 7.18. The van der Waals surface area contributed by atoms with Crippen LogP contribution in [-0.2, 0) is 22.4 Å². The van der Waals surface area contributed by atoms with Crippen LogP contribution in [-0.4, -0.2) is 41.3 Å². The van der Waals surface area contributed by atoms with Gasteiger partial charge in [0, 0.05) is 17.0 Å². The fourth-order valence-corrected chi connectivity index (χ4v) is 5.76. The number of piperidine rings is 1. The number of carbonyl (C=O) groups is 2. The van der Waals surface area contributed by atoms with Gasteiger partial charge in [0.25, 0.3) is 0 Å². The molecule has 0 saturated carbocycles. The molecule has 2 aromatic heterocycles. The van der Waals surface area contributed by atoms with Gasteiger partial charge in [-0.05, 0) is 81.8 Å². The summed E-state index contributed by atoms with van der Waals surface area (Å²) >= 11 is 1.56. The molecule has 0 atom stereocenters. The molecule has 1 saturated heterocycles. The van der Waals surface area contributed by atoms with E-state index < -0.39 is 0 Å². The number of rotatable bonds is 5. The summed E-state index contributed by atoms with van der Waals surface area (Å²) in [5, 5.41) is 16.2. The molecule has 0 bridgehead atoms. The molecule has 1 aliphatic heterocycles. The summed E-state index contributed by atoms with van der Waals surface area (Å²) in [6.07, 6.45) is 8.49. The molecule has 0 unspecified atom stereocenters. The minimum atomic E-state index is -0.0928.